The van der Waals surface area contributed by atoms with Gasteiger partial charge in [0, 0.05) is 38.4 Å². The Labute approximate surface area is 114 Å². The van der Waals surface area contributed by atoms with E-state index < -0.39 is 0 Å². The SMILES string of the molecule is CCCNCc1cccnc1N1CCN(C)C(=O)C1. The Bertz CT molecular complexity index is 435. The lowest BCUT2D eigenvalue weighted by Gasteiger charge is -2.33. The van der Waals surface area contributed by atoms with E-state index in [1.165, 1.54) is 0 Å². The topological polar surface area (TPSA) is 48.5 Å². The molecule has 19 heavy (non-hydrogen) atoms. The van der Waals surface area contributed by atoms with Gasteiger partial charge in [-0.05, 0) is 19.0 Å². The molecule has 0 atom stereocenters. The number of hydrogen-bond donors (Lipinski definition) is 1. The van der Waals surface area contributed by atoms with Gasteiger partial charge in [-0.1, -0.05) is 13.0 Å². The van der Waals surface area contributed by atoms with Gasteiger partial charge in [0.2, 0.25) is 5.91 Å². The average molecular weight is 262 g/mol. The van der Waals surface area contributed by atoms with E-state index >= 15 is 0 Å². The predicted octanol–water partition coefficient (Wildman–Crippen LogP) is 0.860. The van der Waals surface area contributed by atoms with Crippen LogP contribution in [0, 0.1) is 0 Å². The Morgan fingerprint density at radius 2 is 2.26 bits per heavy atom. The van der Waals surface area contributed by atoms with Gasteiger partial charge < -0.3 is 15.1 Å². The standard InChI is InChI=1S/C14H22N4O/c1-3-6-15-10-12-5-4-7-16-14(12)18-9-8-17(2)13(19)11-18/h4-5,7,15H,3,6,8-11H2,1-2H3. The number of anilines is 1. The molecule has 1 aliphatic rings. The fourth-order valence-corrected chi connectivity index (χ4v) is 2.19. The highest BCUT2D eigenvalue weighted by Gasteiger charge is 2.23. The fraction of sp³-hybridized carbons (Fsp3) is 0.571. The largest absolute Gasteiger partial charge is 0.345 e. The molecule has 0 radical (unpaired) electrons. The molecule has 1 aromatic heterocycles. The third-order valence-electron chi connectivity index (χ3n) is 3.37. The lowest BCUT2D eigenvalue weighted by molar-refractivity contribution is -0.129. The summed E-state index contributed by atoms with van der Waals surface area (Å²) in [6.07, 6.45) is 2.91. The molecule has 1 fully saturated rings. The molecule has 1 saturated heterocycles. The molecule has 1 aromatic rings. The number of likely N-dealkylation sites (N-methyl/N-ethyl adjacent to an activating group) is 1. The first-order valence-corrected chi connectivity index (χ1v) is 6.86. The van der Waals surface area contributed by atoms with E-state index in [0.717, 1.165) is 44.0 Å². The third kappa shape index (κ3) is 3.44. The van der Waals surface area contributed by atoms with Gasteiger partial charge in [-0.2, -0.15) is 0 Å². The van der Waals surface area contributed by atoms with Crippen molar-refractivity contribution in [2.24, 2.45) is 0 Å². The molecule has 1 N–H and O–H groups in total. The number of hydrogen-bond acceptors (Lipinski definition) is 4. The van der Waals surface area contributed by atoms with Crippen LogP contribution >= 0.6 is 0 Å². The van der Waals surface area contributed by atoms with Crippen LogP contribution in [0.15, 0.2) is 18.3 Å². The van der Waals surface area contributed by atoms with Crippen molar-refractivity contribution in [3.63, 3.8) is 0 Å². The number of nitrogens with zero attached hydrogens (tertiary/aromatic N) is 3. The Morgan fingerprint density at radius 3 is 3.00 bits per heavy atom. The maximum atomic E-state index is 11.8. The van der Waals surface area contributed by atoms with Crippen molar-refractivity contribution in [2.45, 2.75) is 19.9 Å². The summed E-state index contributed by atoms with van der Waals surface area (Å²) < 4.78 is 0. The van der Waals surface area contributed by atoms with Gasteiger partial charge in [0.05, 0.1) is 6.54 Å². The molecule has 0 bridgehead atoms. The van der Waals surface area contributed by atoms with Crippen LogP contribution in [-0.4, -0.2) is 49.0 Å². The highest BCUT2D eigenvalue weighted by atomic mass is 16.2. The number of rotatable bonds is 5. The summed E-state index contributed by atoms with van der Waals surface area (Å²) in [7, 11) is 1.85. The van der Waals surface area contributed by atoms with E-state index in [2.05, 4.69) is 28.2 Å². The summed E-state index contributed by atoms with van der Waals surface area (Å²) in [6, 6.07) is 4.03. The van der Waals surface area contributed by atoms with Crippen LogP contribution in [0.3, 0.4) is 0 Å². The quantitative estimate of drug-likeness (QED) is 0.800. The first kappa shape index (κ1) is 13.8. The van der Waals surface area contributed by atoms with Gasteiger partial charge in [0.1, 0.15) is 5.82 Å². The third-order valence-corrected chi connectivity index (χ3v) is 3.37. The summed E-state index contributed by atoms with van der Waals surface area (Å²) in [4.78, 5) is 20.1. The number of pyridine rings is 1. The zero-order valence-electron chi connectivity index (χ0n) is 11.7. The number of aromatic nitrogens is 1. The van der Waals surface area contributed by atoms with Crippen LogP contribution in [-0.2, 0) is 11.3 Å². The first-order chi connectivity index (χ1) is 9.22. The lowest BCUT2D eigenvalue weighted by atomic mass is 10.2. The smallest absolute Gasteiger partial charge is 0.241 e. The first-order valence-electron chi connectivity index (χ1n) is 6.86. The minimum absolute atomic E-state index is 0.157. The van der Waals surface area contributed by atoms with Gasteiger partial charge in [0.15, 0.2) is 0 Å². The Hall–Kier alpha value is -1.62. The Morgan fingerprint density at radius 1 is 1.42 bits per heavy atom. The van der Waals surface area contributed by atoms with E-state index in [1.54, 1.807) is 11.1 Å². The predicted molar refractivity (Wildman–Crippen MR) is 76.1 cm³/mol. The second-order valence-electron chi connectivity index (χ2n) is 4.90. The second kappa shape index (κ2) is 6.52. The van der Waals surface area contributed by atoms with Crippen molar-refractivity contribution >= 4 is 11.7 Å². The molecule has 2 rings (SSSR count). The van der Waals surface area contributed by atoms with E-state index in [9.17, 15) is 4.79 Å². The molecule has 1 aliphatic heterocycles. The highest BCUT2D eigenvalue weighted by molar-refractivity contribution is 5.82. The number of carbonyl (C=O) groups is 1. The number of nitrogens with one attached hydrogen (secondary N) is 1. The summed E-state index contributed by atoms with van der Waals surface area (Å²) in [5.74, 6) is 1.09. The summed E-state index contributed by atoms with van der Waals surface area (Å²) >= 11 is 0. The van der Waals surface area contributed by atoms with Crippen molar-refractivity contribution in [1.29, 1.82) is 0 Å². The van der Waals surface area contributed by atoms with Crippen LogP contribution in [0.4, 0.5) is 5.82 Å². The van der Waals surface area contributed by atoms with Crippen molar-refractivity contribution in [2.75, 3.05) is 38.1 Å². The van der Waals surface area contributed by atoms with E-state index in [0.29, 0.717) is 6.54 Å². The van der Waals surface area contributed by atoms with Crippen LogP contribution < -0.4 is 10.2 Å². The second-order valence-corrected chi connectivity index (χ2v) is 4.90. The normalized spacial score (nSPS) is 16.0. The molecule has 0 spiro atoms. The van der Waals surface area contributed by atoms with Gasteiger partial charge in [-0.25, -0.2) is 4.98 Å². The maximum absolute atomic E-state index is 11.8. The van der Waals surface area contributed by atoms with Crippen LogP contribution in [0.25, 0.3) is 0 Å². The van der Waals surface area contributed by atoms with Gasteiger partial charge in [-0.15, -0.1) is 0 Å². The summed E-state index contributed by atoms with van der Waals surface area (Å²) in [6.45, 7) is 5.98. The maximum Gasteiger partial charge on any atom is 0.241 e. The fourth-order valence-electron chi connectivity index (χ4n) is 2.19. The van der Waals surface area contributed by atoms with Gasteiger partial charge >= 0.3 is 0 Å². The number of piperazine rings is 1. The van der Waals surface area contributed by atoms with Gasteiger partial charge in [-0.3, -0.25) is 4.79 Å². The molecule has 5 nitrogen and oxygen atoms in total. The average Bonchev–Trinajstić information content (AvgIpc) is 2.43. The van der Waals surface area contributed by atoms with E-state index in [4.69, 9.17) is 0 Å². The Kier molecular flexibility index (Phi) is 4.74. The summed E-state index contributed by atoms with van der Waals surface area (Å²) in [5, 5.41) is 3.39. The van der Waals surface area contributed by atoms with Crippen LogP contribution in [0.5, 0.6) is 0 Å². The van der Waals surface area contributed by atoms with Crippen LogP contribution in [0.2, 0.25) is 0 Å². The molecule has 0 aliphatic carbocycles. The molecule has 1 amide bonds. The zero-order valence-corrected chi connectivity index (χ0v) is 11.7. The molecule has 0 saturated carbocycles. The van der Waals surface area contributed by atoms with Crippen molar-refractivity contribution in [3.05, 3.63) is 23.9 Å². The van der Waals surface area contributed by atoms with Crippen molar-refractivity contribution in [1.82, 2.24) is 15.2 Å². The van der Waals surface area contributed by atoms with E-state index in [1.807, 2.05) is 13.1 Å². The number of amides is 1. The molecule has 104 valence electrons. The van der Waals surface area contributed by atoms with Crippen molar-refractivity contribution in [3.8, 4) is 0 Å². The zero-order chi connectivity index (χ0) is 13.7. The molecule has 5 heteroatoms. The van der Waals surface area contributed by atoms with Crippen LogP contribution in [0.1, 0.15) is 18.9 Å². The monoisotopic (exact) mass is 262 g/mol. The highest BCUT2D eigenvalue weighted by Crippen LogP contribution is 2.18. The number of carbonyl (C=O) groups excluding carboxylic acids is 1. The van der Waals surface area contributed by atoms with Crippen molar-refractivity contribution < 1.29 is 4.79 Å². The van der Waals surface area contributed by atoms with E-state index in [-0.39, 0.29) is 5.91 Å². The molecular formula is C14H22N4O. The molecule has 2 heterocycles. The minimum Gasteiger partial charge on any atom is -0.345 e. The van der Waals surface area contributed by atoms with Gasteiger partial charge in [0.25, 0.3) is 0 Å². The Balaban J connectivity index is 2.08. The molecule has 0 aromatic carbocycles. The molecule has 0 unspecified atom stereocenters. The lowest BCUT2D eigenvalue weighted by Crippen LogP contribution is -2.49. The molecular weight excluding hydrogens is 240 g/mol. The minimum atomic E-state index is 0.157. The summed E-state index contributed by atoms with van der Waals surface area (Å²) in [5.41, 5.74) is 1.16.